The van der Waals surface area contributed by atoms with Gasteiger partial charge >= 0.3 is 0 Å². The van der Waals surface area contributed by atoms with Crippen molar-refractivity contribution in [3.63, 3.8) is 0 Å². The predicted molar refractivity (Wildman–Crippen MR) is 72.0 cm³/mol. The van der Waals surface area contributed by atoms with Gasteiger partial charge in [0.15, 0.2) is 0 Å². The average Bonchev–Trinajstić information content (AvgIpc) is 2.55. The van der Waals surface area contributed by atoms with Gasteiger partial charge in [0, 0.05) is 18.8 Å². The Kier molecular flexibility index (Phi) is 2.16. The van der Waals surface area contributed by atoms with E-state index in [9.17, 15) is 9.59 Å². The molecule has 1 aromatic rings. The van der Waals surface area contributed by atoms with Crippen LogP contribution in [0, 0.1) is 0 Å². The first kappa shape index (κ1) is 10.9. The molecule has 19 heavy (non-hydrogen) atoms. The molecule has 0 N–H and O–H groups in total. The van der Waals surface area contributed by atoms with Crippen molar-refractivity contribution in [2.24, 2.45) is 0 Å². The van der Waals surface area contributed by atoms with Crippen LogP contribution in [-0.4, -0.2) is 11.6 Å². The number of hydrogen-bond donors (Lipinski definition) is 0. The van der Waals surface area contributed by atoms with Crippen LogP contribution < -0.4 is 0 Å². The molecule has 2 nitrogen and oxygen atoms in total. The second-order valence-corrected chi connectivity index (χ2v) is 5.59. The summed E-state index contributed by atoms with van der Waals surface area (Å²) < 4.78 is 0. The summed E-state index contributed by atoms with van der Waals surface area (Å²) in [6.45, 7) is 0. The van der Waals surface area contributed by atoms with Crippen LogP contribution in [-0.2, 0) is 22.4 Å². The van der Waals surface area contributed by atoms with Crippen LogP contribution in [0.3, 0.4) is 0 Å². The highest BCUT2D eigenvalue weighted by molar-refractivity contribution is 6.38. The molecule has 0 atom stereocenters. The molecule has 2 heteroatoms. The van der Waals surface area contributed by atoms with Crippen LogP contribution in [0.2, 0.25) is 0 Å². The number of rotatable bonds is 0. The van der Waals surface area contributed by atoms with Crippen molar-refractivity contribution in [3.05, 3.63) is 58.2 Å². The molecule has 1 aromatic carbocycles. The summed E-state index contributed by atoms with van der Waals surface area (Å²) >= 11 is 0. The minimum absolute atomic E-state index is 0.198. The molecule has 0 aromatic heterocycles. The van der Waals surface area contributed by atoms with Crippen molar-refractivity contribution in [2.45, 2.75) is 31.6 Å². The Morgan fingerprint density at radius 1 is 0.842 bits per heavy atom. The summed E-state index contributed by atoms with van der Waals surface area (Å²) in [5.74, 6) is -0.242. The molecule has 1 fully saturated rings. The Bertz CT molecular complexity index is 622. The SMILES string of the molecule is O=C1CC2=CCc3cccc4c3C2C(=CC4)CC1=O. The monoisotopic (exact) mass is 250 g/mol. The van der Waals surface area contributed by atoms with Crippen LogP contribution in [0.5, 0.6) is 0 Å². The number of hydrogen-bond acceptors (Lipinski definition) is 2. The molecule has 0 unspecified atom stereocenters. The molecule has 0 amide bonds. The van der Waals surface area contributed by atoms with Gasteiger partial charge in [-0.15, -0.1) is 0 Å². The molecule has 3 aliphatic rings. The quantitative estimate of drug-likeness (QED) is 0.524. The standard InChI is InChI=1S/C17H14O2/c18-14-8-12-6-4-10-2-1-3-11-5-7-13(9-15(14)19)17(12)16(10)11/h1-3,6-7,17H,4-5,8-9H2. The number of benzene rings is 1. The summed E-state index contributed by atoms with van der Waals surface area (Å²) in [5.41, 5.74) is 6.38. The Balaban J connectivity index is 1.95. The smallest absolute Gasteiger partial charge is 0.202 e. The zero-order valence-electron chi connectivity index (χ0n) is 10.6. The first-order chi connectivity index (χ1) is 9.24. The van der Waals surface area contributed by atoms with Gasteiger partial charge in [-0.2, -0.15) is 0 Å². The van der Waals surface area contributed by atoms with E-state index in [1.165, 1.54) is 16.7 Å². The van der Waals surface area contributed by atoms with Crippen molar-refractivity contribution in [2.75, 3.05) is 0 Å². The van der Waals surface area contributed by atoms with Crippen LogP contribution in [0.4, 0.5) is 0 Å². The van der Waals surface area contributed by atoms with Gasteiger partial charge < -0.3 is 0 Å². The first-order valence-corrected chi connectivity index (χ1v) is 6.78. The molecule has 4 rings (SSSR count). The van der Waals surface area contributed by atoms with Crippen molar-refractivity contribution >= 4 is 11.6 Å². The highest BCUT2D eigenvalue weighted by Crippen LogP contribution is 2.46. The highest BCUT2D eigenvalue weighted by atomic mass is 16.2. The fraction of sp³-hybridized carbons (Fsp3) is 0.294. The fourth-order valence-corrected chi connectivity index (χ4v) is 3.64. The summed E-state index contributed by atoms with van der Waals surface area (Å²) in [6.07, 6.45) is 6.73. The first-order valence-electron chi connectivity index (χ1n) is 6.78. The van der Waals surface area contributed by atoms with Crippen molar-refractivity contribution in [1.82, 2.24) is 0 Å². The highest BCUT2D eigenvalue weighted by Gasteiger charge is 2.36. The lowest BCUT2D eigenvalue weighted by molar-refractivity contribution is -0.135. The van der Waals surface area contributed by atoms with E-state index in [2.05, 4.69) is 30.4 Å². The van der Waals surface area contributed by atoms with Gasteiger partial charge in [-0.3, -0.25) is 9.59 Å². The third kappa shape index (κ3) is 1.49. The van der Waals surface area contributed by atoms with Crippen molar-refractivity contribution < 1.29 is 9.59 Å². The molecular formula is C17H14O2. The number of carbonyl (C=O) groups excluding carboxylic acids is 2. The van der Waals surface area contributed by atoms with E-state index >= 15 is 0 Å². The summed E-state index contributed by atoms with van der Waals surface area (Å²) in [4.78, 5) is 23.7. The number of ketones is 2. The molecule has 0 saturated heterocycles. The summed E-state index contributed by atoms with van der Waals surface area (Å²) in [7, 11) is 0. The molecule has 0 heterocycles. The topological polar surface area (TPSA) is 34.1 Å². The maximum Gasteiger partial charge on any atom is 0.202 e. The van der Waals surface area contributed by atoms with Crippen LogP contribution >= 0.6 is 0 Å². The minimum Gasteiger partial charge on any atom is -0.291 e. The van der Waals surface area contributed by atoms with Gasteiger partial charge in [-0.05, 0) is 29.5 Å². The van der Waals surface area contributed by atoms with Gasteiger partial charge in [0.1, 0.15) is 0 Å². The summed E-state index contributed by atoms with van der Waals surface area (Å²) in [6, 6.07) is 6.45. The third-order valence-corrected chi connectivity index (χ3v) is 4.53. The molecule has 0 bridgehead atoms. The second kappa shape index (κ2) is 3.77. The van der Waals surface area contributed by atoms with Gasteiger partial charge in [0.2, 0.25) is 11.6 Å². The van der Waals surface area contributed by atoms with E-state index < -0.39 is 0 Å². The zero-order chi connectivity index (χ0) is 13.0. The van der Waals surface area contributed by atoms with E-state index in [4.69, 9.17) is 0 Å². The molecule has 0 spiro atoms. The second-order valence-electron chi connectivity index (χ2n) is 5.59. The van der Waals surface area contributed by atoms with Gasteiger partial charge in [0.05, 0.1) is 0 Å². The maximum atomic E-state index is 11.8. The Morgan fingerprint density at radius 3 is 1.89 bits per heavy atom. The molecule has 3 aliphatic carbocycles. The van der Waals surface area contributed by atoms with Crippen LogP contribution in [0.25, 0.3) is 0 Å². The normalized spacial score (nSPS) is 21.5. The van der Waals surface area contributed by atoms with Gasteiger partial charge in [-0.1, -0.05) is 41.5 Å². The predicted octanol–water partition coefficient (Wildman–Crippen LogP) is 2.67. The van der Waals surface area contributed by atoms with Crippen molar-refractivity contribution in [3.8, 4) is 0 Å². The largest absolute Gasteiger partial charge is 0.291 e. The Hall–Kier alpha value is -1.96. The van der Waals surface area contributed by atoms with E-state index in [1.54, 1.807) is 0 Å². The molecule has 0 aliphatic heterocycles. The van der Waals surface area contributed by atoms with Crippen LogP contribution in [0.15, 0.2) is 41.5 Å². The van der Waals surface area contributed by atoms with E-state index in [0.29, 0.717) is 12.8 Å². The lowest BCUT2D eigenvalue weighted by Gasteiger charge is -2.32. The minimum atomic E-state index is -0.220. The molecule has 1 saturated carbocycles. The average molecular weight is 250 g/mol. The van der Waals surface area contributed by atoms with E-state index in [0.717, 1.165) is 24.0 Å². The Labute approximate surface area is 111 Å². The number of carbonyl (C=O) groups is 2. The van der Waals surface area contributed by atoms with Gasteiger partial charge in [0.25, 0.3) is 0 Å². The molecule has 94 valence electrons. The maximum absolute atomic E-state index is 11.8. The summed E-state index contributed by atoms with van der Waals surface area (Å²) in [5, 5.41) is 0. The number of allylic oxidation sites excluding steroid dienone is 4. The number of Topliss-reactive ketones (excluding diaryl/α,β-unsaturated/α-hetero) is 2. The van der Waals surface area contributed by atoms with Crippen LogP contribution in [0.1, 0.15) is 35.4 Å². The molecule has 0 radical (unpaired) electrons. The zero-order valence-corrected chi connectivity index (χ0v) is 10.6. The van der Waals surface area contributed by atoms with E-state index in [1.807, 2.05) is 0 Å². The lowest BCUT2D eigenvalue weighted by Crippen LogP contribution is -2.18. The molecular weight excluding hydrogens is 236 g/mol. The van der Waals surface area contributed by atoms with Gasteiger partial charge in [-0.25, -0.2) is 0 Å². The van der Waals surface area contributed by atoms with E-state index in [-0.39, 0.29) is 17.5 Å². The lowest BCUT2D eigenvalue weighted by atomic mass is 9.71. The Morgan fingerprint density at radius 2 is 1.37 bits per heavy atom. The van der Waals surface area contributed by atoms with Crippen molar-refractivity contribution in [1.29, 1.82) is 0 Å². The third-order valence-electron chi connectivity index (χ3n) is 4.53. The fourth-order valence-electron chi connectivity index (χ4n) is 3.64.